The zero-order valence-corrected chi connectivity index (χ0v) is 15.5. The van der Waals surface area contributed by atoms with Gasteiger partial charge >= 0.3 is 0 Å². The lowest BCUT2D eigenvalue weighted by atomic mass is 9.99. The summed E-state index contributed by atoms with van der Waals surface area (Å²) in [6.07, 6.45) is 2.75. The number of hydrogen-bond donors (Lipinski definition) is 3. The van der Waals surface area contributed by atoms with E-state index in [9.17, 15) is 9.59 Å². The molecule has 140 valence electrons. The van der Waals surface area contributed by atoms with E-state index in [0.717, 1.165) is 24.8 Å². The minimum atomic E-state index is -0.338. The fourth-order valence-electron chi connectivity index (χ4n) is 2.66. The highest BCUT2D eigenvalue weighted by atomic mass is 35.5. The summed E-state index contributed by atoms with van der Waals surface area (Å²) in [6.45, 7) is -0.176. The molecule has 0 fully saturated rings. The van der Waals surface area contributed by atoms with Gasteiger partial charge in [0.15, 0.2) is 0 Å². The van der Waals surface area contributed by atoms with Crippen LogP contribution in [0.4, 0.5) is 0 Å². The van der Waals surface area contributed by atoms with Gasteiger partial charge < -0.3 is 16.4 Å². The fraction of sp³-hybridized carbons (Fsp3) is 0.300. The van der Waals surface area contributed by atoms with E-state index in [1.807, 2.05) is 48.5 Å². The van der Waals surface area contributed by atoms with Crippen molar-refractivity contribution in [2.24, 2.45) is 5.73 Å². The van der Waals surface area contributed by atoms with Crippen LogP contribution in [0.1, 0.15) is 30.0 Å². The number of benzene rings is 2. The standard InChI is InChI=1S/C20H25N3O2.ClH/c21-14-19(24)22-15-20(25)23-18(17-11-5-2-6-12-17)13-7-10-16-8-3-1-4-9-16;/h1-6,8-9,11-12,18H,7,10,13-15,21H2,(H,22,24)(H,23,25);1H. The minimum Gasteiger partial charge on any atom is -0.348 e. The molecule has 0 spiro atoms. The molecule has 4 N–H and O–H groups in total. The van der Waals surface area contributed by atoms with Crippen molar-refractivity contribution in [1.82, 2.24) is 10.6 Å². The summed E-state index contributed by atoms with van der Waals surface area (Å²) in [4.78, 5) is 23.3. The summed E-state index contributed by atoms with van der Waals surface area (Å²) < 4.78 is 0. The Morgan fingerprint density at radius 3 is 2.15 bits per heavy atom. The van der Waals surface area contributed by atoms with Crippen molar-refractivity contribution < 1.29 is 9.59 Å². The summed E-state index contributed by atoms with van der Waals surface area (Å²) in [7, 11) is 0. The molecular formula is C20H26ClN3O2. The third-order valence-electron chi connectivity index (χ3n) is 3.97. The van der Waals surface area contributed by atoms with E-state index < -0.39 is 0 Å². The summed E-state index contributed by atoms with van der Waals surface area (Å²) >= 11 is 0. The molecule has 5 nitrogen and oxygen atoms in total. The first-order valence-electron chi connectivity index (χ1n) is 8.54. The van der Waals surface area contributed by atoms with E-state index in [-0.39, 0.29) is 43.4 Å². The van der Waals surface area contributed by atoms with Crippen LogP contribution in [-0.2, 0) is 16.0 Å². The second-order valence-corrected chi connectivity index (χ2v) is 5.89. The van der Waals surface area contributed by atoms with Crippen molar-refractivity contribution in [3.63, 3.8) is 0 Å². The van der Waals surface area contributed by atoms with Crippen LogP contribution < -0.4 is 16.4 Å². The summed E-state index contributed by atoms with van der Waals surface area (Å²) in [5, 5.41) is 5.50. The van der Waals surface area contributed by atoms with Crippen LogP contribution in [0.5, 0.6) is 0 Å². The first kappa shape index (κ1) is 21.7. The number of nitrogens with two attached hydrogens (primary N) is 1. The number of carbonyl (C=O) groups is 2. The SMILES string of the molecule is Cl.NCC(=O)NCC(=O)NC(CCCc1ccccc1)c1ccccc1. The zero-order valence-electron chi connectivity index (χ0n) is 14.7. The van der Waals surface area contributed by atoms with Crippen LogP contribution >= 0.6 is 12.4 Å². The number of nitrogens with one attached hydrogen (secondary N) is 2. The Kier molecular flexibility index (Phi) is 10.1. The average molecular weight is 376 g/mol. The smallest absolute Gasteiger partial charge is 0.239 e. The van der Waals surface area contributed by atoms with Crippen LogP contribution in [0.3, 0.4) is 0 Å². The van der Waals surface area contributed by atoms with Gasteiger partial charge in [-0.3, -0.25) is 9.59 Å². The van der Waals surface area contributed by atoms with Gasteiger partial charge in [-0.05, 0) is 30.4 Å². The largest absolute Gasteiger partial charge is 0.348 e. The van der Waals surface area contributed by atoms with Crippen LogP contribution in [0, 0.1) is 0 Å². The fourth-order valence-corrected chi connectivity index (χ4v) is 2.66. The maximum atomic E-state index is 12.1. The Bertz CT molecular complexity index is 665. The van der Waals surface area contributed by atoms with E-state index in [1.54, 1.807) is 0 Å². The van der Waals surface area contributed by atoms with E-state index in [1.165, 1.54) is 5.56 Å². The molecule has 6 heteroatoms. The first-order chi connectivity index (χ1) is 12.2. The number of halogens is 1. The van der Waals surface area contributed by atoms with E-state index in [2.05, 4.69) is 22.8 Å². The topological polar surface area (TPSA) is 84.2 Å². The molecule has 0 heterocycles. The lowest BCUT2D eigenvalue weighted by Crippen LogP contribution is -2.40. The number of aryl methyl sites for hydroxylation is 1. The Morgan fingerprint density at radius 1 is 0.923 bits per heavy atom. The molecule has 0 aliphatic rings. The van der Waals surface area contributed by atoms with Crippen LogP contribution in [0.2, 0.25) is 0 Å². The van der Waals surface area contributed by atoms with Crippen molar-refractivity contribution in [1.29, 1.82) is 0 Å². The molecule has 2 aromatic carbocycles. The van der Waals surface area contributed by atoms with Crippen LogP contribution in [0.25, 0.3) is 0 Å². The lowest BCUT2D eigenvalue weighted by molar-refractivity contribution is -0.125. The van der Waals surface area contributed by atoms with Gasteiger partial charge in [0.1, 0.15) is 0 Å². The number of amides is 2. The molecule has 2 rings (SSSR count). The molecule has 26 heavy (non-hydrogen) atoms. The Balaban J connectivity index is 0.00000338. The number of rotatable bonds is 9. The normalized spacial score (nSPS) is 11.1. The van der Waals surface area contributed by atoms with Crippen LogP contribution in [-0.4, -0.2) is 24.9 Å². The molecule has 2 aromatic rings. The van der Waals surface area contributed by atoms with Crippen molar-refractivity contribution in [2.75, 3.05) is 13.1 Å². The van der Waals surface area contributed by atoms with Gasteiger partial charge in [-0.15, -0.1) is 12.4 Å². The highest BCUT2D eigenvalue weighted by molar-refractivity contribution is 5.85. The zero-order chi connectivity index (χ0) is 17.9. The van der Waals surface area contributed by atoms with Gasteiger partial charge in [0.2, 0.25) is 11.8 Å². The van der Waals surface area contributed by atoms with Gasteiger partial charge in [-0.1, -0.05) is 60.7 Å². The molecule has 0 saturated heterocycles. The molecule has 1 atom stereocenters. The molecule has 0 aromatic heterocycles. The Hall–Kier alpha value is -2.37. The van der Waals surface area contributed by atoms with Crippen LogP contribution in [0.15, 0.2) is 60.7 Å². The van der Waals surface area contributed by atoms with E-state index >= 15 is 0 Å². The van der Waals surface area contributed by atoms with Crippen molar-refractivity contribution in [3.8, 4) is 0 Å². The van der Waals surface area contributed by atoms with Crippen molar-refractivity contribution in [3.05, 3.63) is 71.8 Å². The van der Waals surface area contributed by atoms with Gasteiger partial charge in [0, 0.05) is 0 Å². The molecule has 0 aliphatic carbocycles. The van der Waals surface area contributed by atoms with Crippen molar-refractivity contribution in [2.45, 2.75) is 25.3 Å². The third-order valence-corrected chi connectivity index (χ3v) is 3.97. The second kappa shape index (κ2) is 12.1. The molecule has 0 aliphatic heterocycles. The Labute approximate surface area is 160 Å². The maximum absolute atomic E-state index is 12.1. The molecule has 1 unspecified atom stereocenters. The minimum absolute atomic E-state index is 0. The molecule has 2 amide bonds. The predicted molar refractivity (Wildman–Crippen MR) is 106 cm³/mol. The molecule has 0 radical (unpaired) electrons. The van der Waals surface area contributed by atoms with Gasteiger partial charge in [-0.2, -0.15) is 0 Å². The third kappa shape index (κ3) is 7.68. The quantitative estimate of drug-likeness (QED) is 0.629. The monoisotopic (exact) mass is 375 g/mol. The van der Waals surface area contributed by atoms with E-state index in [0.29, 0.717) is 0 Å². The summed E-state index contributed by atoms with van der Waals surface area (Å²) in [5.74, 6) is -0.550. The predicted octanol–water partition coefficient (Wildman–Crippen LogP) is 2.36. The van der Waals surface area contributed by atoms with Gasteiger partial charge in [0.05, 0.1) is 19.1 Å². The number of carbonyl (C=O) groups excluding carboxylic acids is 2. The highest BCUT2D eigenvalue weighted by Gasteiger charge is 2.14. The molecule has 0 saturated carbocycles. The second-order valence-electron chi connectivity index (χ2n) is 5.89. The maximum Gasteiger partial charge on any atom is 0.239 e. The van der Waals surface area contributed by atoms with Crippen molar-refractivity contribution >= 4 is 24.2 Å². The van der Waals surface area contributed by atoms with Gasteiger partial charge in [0.25, 0.3) is 0 Å². The molecular weight excluding hydrogens is 350 g/mol. The summed E-state index contributed by atoms with van der Waals surface area (Å²) in [6, 6.07) is 20.1. The molecule has 0 bridgehead atoms. The van der Waals surface area contributed by atoms with Gasteiger partial charge in [-0.25, -0.2) is 0 Å². The highest BCUT2D eigenvalue weighted by Crippen LogP contribution is 2.19. The lowest BCUT2D eigenvalue weighted by Gasteiger charge is -2.19. The Morgan fingerprint density at radius 2 is 1.54 bits per heavy atom. The average Bonchev–Trinajstić information content (AvgIpc) is 2.66. The first-order valence-corrected chi connectivity index (χ1v) is 8.54. The number of hydrogen-bond acceptors (Lipinski definition) is 3. The van der Waals surface area contributed by atoms with E-state index in [4.69, 9.17) is 5.73 Å². The summed E-state index contributed by atoms with van der Waals surface area (Å²) in [5.41, 5.74) is 7.58.